The van der Waals surface area contributed by atoms with Gasteiger partial charge in [-0.05, 0) is 67.8 Å². The molecule has 1 unspecified atom stereocenters. The number of anilines is 1. The fourth-order valence-electron chi connectivity index (χ4n) is 3.23. The minimum atomic E-state index is -3.51. The predicted octanol–water partition coefficient (Wildman–Crippen LogP) is 3.49. The number of ether oxygens (including phenoxy) is 1. The summed E-state index contributed by atoms with van der Waals surface area (Å²) < 4.78 is 33.3. The van der Waals surface area contributed by atoms with E-state index in [1.54, 1.807) is 17.0 Å². The lowest BCUT2D eigenvalue weighted by molar-refractivity contribution is -0.120. The van der Waals surface area contributed by atoms with Crippen molar-refractivity contribution in [1.29, 1.82) is 0 Å². The van der Waals surface area contributed by atoms with Crippen molar-refractivity contribution in [3.63, 3.8) is 0 Å². The molecule has 1 amide bonds. The zero-order valence-corrected chi connectivity index (χ0v) is 18.2. The van der Waals surface area contributed by atoms with Crippen molar-refractivity contribution in [1.82, 2.24) is 4.72 Å². The number of rotatable bonds is 7. The molecule has 0 aromatic heterocycles. The van der Waals surface area contributed by atoms with Crippen LogP contribution in [0.15, 0.2) is 51.8 Å². The van der Waals surface area contributed by atoms with Gasteiger partial charge in [-0.25, -0.2) is 13.1 Å². The summed E-state index contributed by atoms with van der Waals surface area (Å²) in [5.41, 5.74) is 2.04. The maximum atomic E-state index is 12.7. The first-order valence-corrected chi connectivity index (χ1v) is 11.4. The highest BCUT2D eigenvalue weighted by molar-refractivity contribution is 9.10. The van der Waals surface area contributed by atoms with Gasteiger partial charge in [-0.15, -0.1) is 0 Å². The van der Waals surface area contributed by atoms with E-state index in [1.165, 1.54) is 12.1 Å². The molecule has 3 rings (SSSR count). The maximum absolute atomic E-state index is 12.7. The topological polar surface area (TPSA) is 75.7 Å². The quantitative estimate of drug-likeness (QED) is 0.677. The van der Waals surface area contributed by atoms with Gasteiger partial charge in [0.15, 0.2) is 6.61 Å². The highest BCUT2D eigenvalue weighted by Gasteiger charge is 2.31. The number of hydrogen-bond acceptors (Lipinski definition) is 4. The smallest absolute Gasteiger partial charge is 0.265 e. The molecule has 1 aliphatic heterocycles. The monoisotopic (exact) mass is 466 g/mol. The largest absolute Gasteiger partial charge is 0.484 e. The van der Waals surface area contributed by atoms with Crippen LogP contribution in [-0.2, 0) is 21.2 Å². The molecule has 1 N–H and O–H groups in total. The molecule has 0 saturated heterocycles. The van der Waals surface area contributed by atoms with E-state index in [1.807, 2.05) is 32.0 Å². The van der Waals surface area contributed by atoms with Crippen LogP contribution in [0.2, 0.25) is 0 Å². The number of hydrogen-bond donors (Lipinski definition) is 1. The van der Waals surface area contributed by atoms with Crippen LogP contribution >= 0.6 is 15.9 Å². The minimum Gasteiger partial charge on any atom is -0.484 e. The summed E-state index contributed by atoms with van der Waals surface area (Å²) in [6, 6.07) is 12.0. The van der Waals surface area contributed by atoms with Gasteiger partial charge in [0.25, 0.3) is 5.91 Å². The van der Waals surface area contributed by atoms with E-state index < -0.39 is 10.0 Å². The molecule has 0 spiro atoms. The van der Waals surface area contributed by atoms with Crippen molar-refractivity contribution in [2.45, 2.75) is 37.6 Å². The summed E-state index contributed by atoms with van der Waals surface area (Å²) in [4.78, 5) is 14.6. The molecule has 2 aromatic carbocycles. The lowest BCUT2D eigenvalue weighted by Gasteiger charge is -2.22. The van der Waals surface area contributed by atoms with Crippen molar-refractivity contribution in [3.05, 3.63) is 52.5 Å². The van der Waals surface area contributed by atoms with Crippen LogP contribution in [0.1, 0.15) is 25.8 Å². The minimum absolute atomic E-state index is 0.0672. The molecule has 0 fully saturated rings. The van der Waals surface area contributed by atoms with Crippen LogP contribution in [0.5, 0.6) is 5.75 Å². The fourth-order valence-corrected chi connectivity index (χ4v) is 4.77. The molecular weight excluding hydrogens is 444 g/mol. The van der Waals surface area contributed by atoms with Gasteiger partial charge in [0.05, 0.1) is 4.90 Å². The van der Waals surface area contributed by atoms with E-state index in [0.717, 1.165) is 28.6 Å². The van der Waals surface area contributed by atoms with Crippen LogP contribution in [0.3, 0.4) is 0 Å². The summed E-state index contributed by atoms with van der Waals surface area (Å²) >= 11 is 3.46. The highest BCUT2D eigenvalue weighted by atomic mass is 79.9. The van der Waals surface area contributed by atoms with Crippen molar-refractivity contribution in [2.75, 3.05) is 18.1 Å². The molecular formula is C20H23BrN2O4S. The Balaban J connectivity index is 1.64. The Hall–Kier alpha value is -1.90. The first kappa shape index (κ1) is 20.8. The SMILES string of the molecule is CCCNS(=O)(=O)c1ccc(OCC(=O)N2c3ccc(Br)cc3CC2C)cc1. The molecule has 0 saturated carbocycles. The maximum Gasteiger partial charge on any atom is 0.265 e. The Morgan fingerprint density at radius 1 is 1.25 bits per heavy atom. The summed E-state index contributed by atoms with van der Waals surface area (Å²) in [6.45, 7) is 4.19. The van der Waals surface area contributed by atoms with Gasteiger partial charge in [0, 0.05) is 22.7 Å². The molecule has 6 nitrogen and oxygen atoms in total. The van der Waals surface area contributed by atoms with Crippen LogP contribution in [-0.4, -0.2) is 33.5 Å². The lowest BCUT2D eigenvalue weighted by Crippen LogP contribution is -2.39. The number of nitrogens with one attached hydrogen (secondary N) is 1. The fraction of sp³-hybridized carbons (Fsp3) is 0.350. The number of sulfonamides is 1. The summed E-state index contributed by atoms with van der Waals surface area (Å²) in [7, 11) is -3.51. The molecule has 1 aliphatic rings. The van der Waals surface area contributed by atoms with E-state index in [2.05, 4.69) is 20.7 Å². The summed E-state index contributed by atoms with van der Waals surface area (Å²) in [5, 5.41) is 0. The lowest BCUT2D eigenvalue weighted by atomic mass is 10.1. The third-order valence-electron chi connectivity index (χ3n) is 4.56. The summed E-state index contributed by atoms with van der Waals surface area (Å²) in [6.07, 6.45) is 1.52. The van der Waals surface area contributed by atoms with E-state index >= 15 is 0 Å². The van der Waals surface area contributed by atoms with Gasteiger partial charge in [-0.2, -0.15) is 0 Å². The van der Waals surface area contributed by atoms with E-state index in [-0.39, 0.29) is 23.5 Å². The number of amides is 1. The van der Waals surface area contributed by atoms with Gasteiger partial charge >= 0.3 is 0 Å². The molecule has 150 valence electrons. The van der Waals surface area contributed by atoms with Crippen molar-refractivity contribution < 1.29 is 17.9 Å². The first-order valence-electron chi connectivity index (χ1n) is 9.15. The van der Waals surface area contributed by atoms with Gasteiger partial charge in [0.2, 0.25) is 10.0 Å². The second-order valence-electron chi connectivity index (χ2n) is 6.75. The molecule has 0 radical (unpaired) electrons. The zero-order valence-electron chi connectivity index (χ0n) is 15.8. The Labute approximate surface area is 174 Å². The number of halogens is 1. The number of nitrogens with zero attached hydrogens (tertiary/aromatic N) is 1. The standard InChI is InChI=1S/C20H23BrN2O4S/c1-3-10-22-28(25,26)18-7-5-17(6-8-18)27-13-20(24)23-14(2)11-15-12-16(21)4-9-19(15)23/h4-9,12,14,22H,3,10-11,13H2,1-2H3. The second-order valence-corrected chi connectivity index (χ2v) is 9.43. The number of fused-ring (bicyclic) bond motifs is 1. The van der Waals surface area contributed by atoms with Crippen LogP contribution in [0.25, 0.3) is 0 Å². The molecule has 28 heavy (non-hydrogen) atoms. The predicted molar refractivity (Wildman–Crippen MR) is 112 cm³/mol. The molecule has 2 aromatic rings. The van der Waals surface area contributed by atoms with Crippen molar-refractivity contribution in [3.8, 4) is 5.75 Å². The second kappa shape index (κ2) is 8.63. The Bertz CT molecular complexity index is 961. The number of carbonyl (C=O) groups excluding carboxylic acids is 1. The van der Waals surface area contributed by atoms with Gasteiger partial charge in [-0.3, -0.25) is 4.79 Å². The molecule has 1 atom stereocenters. The van der Waals surface area contributed by atoms with Gasteiger partial charge in [-0.1, -0.05) is 22.9 Å². The molecule has 8 heteroatoms. The Kier molecular flexibility index (Phi) is 6.42. The summed E-state index contributed by atoms with van der Waals surface area (Å²) in [5.74, 6) is 0.320. The van der Waals surface area contributed by atoms with Crippen molar-refractivity contribution in [2.24, 2.45) is 0 Å². The van der Waals surface area contributed by atoms with E-state index in [0.29, 0.717) is 12.3 Å². The average Bonchev–Trinajstić information content (AvgIpc) is 2.99. The average molecular weight is 467 g/mol. The third kappa shape index (κ3) is 4.56. The van der Waals surface area contributed by atoms with Crippen LogP contribution in [0, 0.1) is 0 Å². The van der Waals surface area contributed by atoms with E-state index in [4.69, 9.17) is 4.74 Å². The first-order chi connectivity index (χ1) is 13.3. The molecule has 1 heterocycles. The number of carbonyl (C=O) groups is 1. The molecule has 0 bridgehead atoms. The molecule has 0 aliphatic carbocycles. The van der Waals surface area contributed by atoms with Crippen LogP contribution in [0.4, 0.5) is 5.69 Å². The van der Waals surface area contributed by atoms with E-state index in [9.17, 15) is 13.2 Å². The normalized spacial score (nSPS) is 16.1. The van der Waals surface area contributed by atoms with Gasteiger partial charge in [0.1, 0.15) is 5.75 Å². The third-order valence-corrected chi connectivity index (χ3v) is 6.53. The highest BCUT2D eigenvalue weighted by Crippen LogP contribution is 2.34. The van der Waals surface area contributed by atoms with Crippen LogP contribution < -0.4 is 14.4 Å². The Morgan fingerprint density at radius 2 is 1.96 bits per heavy atom. The van der Waals surface area contributed by atoms with Gasteiger partial charge < -0.3 is 9.64 Å². The van der Waals surface area contributed by atoms with Crippen molar-refractivity contribution >= 4 is 37.5 Å². The zero-order chi connectivity index (χ0) is 20.3. The Morgan fingerprint density at radius 3 is 2.64 bits per heavy atom. The number of benzene rings is 2.